The van der Waals surface area contributed by atoms with Crippen LogP contribution < -0.4 is 4.90 Å². The molecule has 1 aliphatic rings. The first-order chi connectivity index (χ1) is 11.5. The molecule has 126 valence electrons. The van der Waals surface area contributed by atoms with Crippen molar-refractivity contribution in [3.8, 4) is 0 Å². The van der Waals surface area contributed by atoms with Gasteiger partial charge >= 0.3 is 0 Å². The van der Waals surface area contributed by atoms with Crippen molar-refractivity contribution >= 4 is 27.5 Å². The maximum Gasteiger partial charge on any atom is 0.230 e. The number of halogens is 1. The molecule has 0 heterocycles. The molecule has 0 spiro atoms. The molecule has 2 aromatic rings. The van der Waals surface area contributed by atoms with Crippen LogP contribution in [-0.2, 0) is 16.1 Å². The van der Waals surface area contributed by atoms with E-state index < -0.39 is 0 Å². The maximum absolute atomic E-state index is 12.6. The molecule has 2 aromatic carbocycles. The van der Waals surface area contributed by atoms with E-state index in [0.29, 0.717) is 6.61 Å². The second-order valence-electron chi connectivity index (χ2n) is 6.42. The minimum Gasteiger partial charge on any atom is -0.373 e. The van der Waals surface area contributed by atoms with Gasteiger partial charge in [0.05, 0.1) is 12.7 Å². The number of nitrogens with zero attached hydrogens (tertiary/aromatic N) is 1. The molecule has 0 radical (unpaired) electrons. The SMILES string of the molecule is Cc1ccc(N(C)C(=O)C2CC(OCc3ccccc3)C2)cc1Br. The number of rotatable bonds is 5. The summed E-state index contributed by atoms with van der Waals surface area (Å²) in [5.74, 6) is 0.237. The molecule has 24 heavy (non-hydrogen) atoms. The molecule has 0 aliphatic heterocycles. The molecule has 1 amide bonds. The molecule has 0 saturated heterocycles. The van der Waals surface area contributed by atoms with Crippen molar-refractivity contribution in [2.45, 2.75) is 32.5 Å². The minimum absolute atomic E-state index is 0.0656. The molecule has 0 N–H and O–H groups in total. The van der Waals surface area contributed by atoms with E-state index in [9.17, 15) is 4.79 Å². The fourth-order valence-corrected chi connectivity index (χ4v) is 3.25. The zero-order chi connectivity index (χ0) is 17.1. The predicted octanol–water partition coefficient (Wildman–Crippen LogP) is 4.72. The van der Waals surface area contributed by atoms with E-state index in [1.54, 1.807) is 4.90 Å². The lowest BCUT2D eigenvalue weighted by Gasteiger charge is -2.36. The van der Waals surface area contributed by atoms with E-state index in [2.05, 4.69) is 28.1 Å². The van der Waals surface area contributed by atoms with E-state index >= 15 is 0 Å². The van der Waals surface area contributed by atoms with Crippen molar-refractivity contribution in [1.29, 1.82) is 0 Å². The van der Waals surface area contributed by atoms with Gasteiger partial charge in [-0.2, -0.15) is 0 Å². The van der Waals surface area contributed by atoms with Gasteiger partial charge < -0.3 is 9.64 Å². The number of ether oxygens (including phenoxy) is 1. The monoisotopic (exact) mass is 387 g/mol. The number of amides is 1. The van der Waals surface area contributed by atoms with Crippen LogP contribution in [-0.4, -0.2) is 19.1 Å². The summed E-state index contributed by atoms with van der Waals surface area (Å²) >= 11 is 3.53. The topological polar surface area (TPSA) is 29.5 Å². The molecule has 1 fully saturated rings. The molecular formula is C20H22BrNO2. The van der Waals surface area contributed by atoms with Gasteiger partial charge in [-0.1, -0.05) is 52.3 Å². The fourth-order valence-electron chi connectivity index (χ4n) is 2.88. The van der Waals surface area contributed by atoms with Crippen molar-refractivity contribution in [1.82, 2.24) is 0 Å². The van der Waals surface area contributed by atoms with Crippen LogP contribution in [0.1, 0.15) is 24.0 Å². The quantitative estimate of drug-likeness (QED) is 0.742. The van der Waals surface area contributed by atoms with Gasteiger partial charge in [-0.15, -0.1) is 0 Å². The van der Waals surface area contributed by atoms with Gasteiger partial charge in [-0.3, -0.25) is 4.79 Å². The van der Waals surface area contributed by atoms with Crippen LogP contribution in [0.25, 0.3) is 0 Å². The highest BCUT2D eigenvalue weighted by Gasteiger charge is 2.37. The molecule has 3 nitrogen and oxygen atoms in total. The molecule has 0 atom stereocenters. The highest BCUT2D eigenvalue weighted by Crippen LogP contribution is 2.34. The van der Waals surface area contributed by atoms with Crippen LogP contribution in [0.2, 0.25) is 0 Å². The summed E-state index contributed by atoms with van der Waals surface area (Å²) in [4.78, 5) is 14.3. The lowest BCUT2D eigenvalue weighted by molar-refractivity contribution is -0.131. The van der Waals surface area contributed by atoms with E-state index in [4.69, 9.17) is 4.74 Å². The van der Waals surface area contributed by atoms with Gasteiger partial charge in [-0.25, -0.2) is 0 Å². The smallest absolute Gasteiger partial charge is 0.230 e. The third-order valence-corrected chi connectivity index (χ3v) is 5.50. The lowest BCUT2D eigenvalue weighted by Crippen LogP contribution is -2.43. The number of anilines is 1. The van der Waals surface area contributed by atoms with Crippen molar-refractivity contribution in [2.75, 3.05) is 11.9 Å². The van der Waals surface area contributed by atoms with Gasteiger partial charge in [0.25, 0.3) is 0 Å². The normalized spacial score (nSPS) is 19.6. The molecule has 4 heteroatoms. The van der Waals surface area contributed by atoms with Crippen LogP contribution in [0.15, 0.2) is 53.0 Å². The van der Waals surface area contributed by atoms with Crippen molar-refractivity contribution in [3.05, 3.63) is 64.1 Å². The summed E-state index contributed by atoms with van der Waals surface area (Å²) in [6.45, 7) is 2.66. The second-order valence-corrected chi connectivity index (χ2v) is 7.27. The fraction of sp³-hybridized carbons (Fsp3) is 0.350. The summed E-state index contributed by atoms with van der Waals surface area (Å²) in [6.07, 6.45) is 1.81. The van der Waals surface area contributed by atoms with Gasteiger partial charge in [0.2, 0.25) is 5.91 Å². The van der Waals surface area contributed by atoms with Gasteiger partial charge in [0, 0.05) is 23.1 Å². The second kappa shape index (κ2) is 7.49. The Kier molecular flexibility index (Phi) is 5.36. The third-order valence-electron chi connectivity index (χ3n) is 4.65. The number of carbonyl (C=O) groups is 1. The Morgan fingerprint density at radius 1 is 1.21 bits per heavy atom. The average Bonchev–Trinajstić information content (AvgIpc) is 2.56. The molecule has 0 aromatic heterocycles. The average molecular weight is 388 g/mol. The first kappa shape index (κ1) is 17.2. The van der Waals surface area contributed by atoms with Crippen molar-refractivity contribution in [2.24, 2.45) is 5.92 Å². The van der Waals surface area contributed by atoms with Gasteiger partial charge in [0.15, 0.2) is 0 Å². The molecule has 3 rings (SSSR count). The van der Waals surface area contributed by atoms with Crippen molar-refractivity contribution in [3.63, 3.8) is 0 Å². The maximum atomic E-state index is 12.6. The Bertz CT molecular complexity index is 711. The zero-order valence-corrected chi connectivity index (χ0v) is 15.6. The van der Waals surface area contributed by atoms with Crippen LogP contribution in [0.4, 0.5) is 5.69 Å². The number of hydrogen-bond donors (Lipinski definition) is 0. The van der Waals surface area contributed by atoms with Crippen LogP contribution in [0.3, 0.4) is 0 Å². The number of carbonyl (C=O) groups excluding carboxylic acids is 1. The predicted molar refractivity (Wildman–Crippen MR) is 100 cm³/mol. The number of benzene rings is 2. The molecule has 1 aliphatic carbocycles. The van der Waals surface area contributed by atoms with E-state index in [1.807, 2.05) is 50.4 Å². The van der Waals surface area contributed by atoms with Gasteiger partial charge in [-0.05, 0) is 43.0 Å². The van der Waals surface area contributed by atoms with Crippen LogP contribution >= 0.6 is 15.9 Å². The van der Waals surface area contributed by atoms with Crippen LogP contribution in [0.5, 0.6) is 0 Å². The zero-order valence-electron chi connectivity index (χ0n) is 14.0. The largest absolute Gasteiger partial charge is 0.373 e. The Labute approximate surface area is 151 Å². The first-order valence-electron chi connectivity index (χ1n) is 8.24. The standard InChI is InChI=1S/C20H22BrNO2/c1-14-8-9-17(12-19(14)21)22(2)20(23)16-10-18(11-16)24-13-15-6-4-3-5-7-15/h3-9,12,16,18H,10-11,13H2,1-2H3. The molecule has 1 saturated carbocycles. The Balaban J connectivity index is 1.49. The van der Waals surface area contributed by atoms with E-state index in [-0.39, 0.29) is 17.9 Å². The summed E-state index contributed by atoms with van der Waals surface area (Å²) in [5.41, 5.74) is 3.26. The highest BCUT2D eigenvalue weighted by molar-refractivity contribution is 9.10. The Morgan fingerprint density at radius 3 is 2.58 bits per heavy atom. The van der Waals surface area contributed by atoms with E-state index in [1.165, 1.54) is 5.56 Å². The first-order valence-corrected chi connectivity index (χ1v) is 9.03. The third kappa shape index (κ3) is 3.87. The lowest BCUT2D eigenvalue weighted by atomic mass is 9.81. The summed E-state index contributed by atoms with van der Waals surface area (Å²) in [7, 11) is 1.84. The Hall–Kier alpha value is -1.65. The minimum atomic E-state index is 0.0656. The number of hydrogen-bond acceptors (Lipinski definition) is 2. The van der Waals surface area contributed by atoms with E-state index in [0.717, 1.165) is 28.6 Å². The van der Waals surface area contributed by atoms with Gasteiger partial charge in [0.1, 0.15) is 0 Å². The van der Waals surface area contributed by atoms with Crippen LogP contribution in [0, 0.1) is 12.8 Å². The summed E-state index contributed by atoms with van der Waals surface area (Å²) in [5, 5.41) is 0. The summed E-state index contributed by atoms with van der Waals surface area (Å²) in [6, 6.07) is 16.2. The molecule has 0 unspecified atom stereocenters. The molecular weight excluding hydrogens is 366 g/mol. The van der Waals surface area contributed by atoms with Crippen molar-refractivity contribution < 1.29 is 9.53 Å². The Morgan fingerprint density at radius 2 is 1.92 bits per heavy atom. The highest BCUT2D eigenvalue weighted by atomic mass is 79.9. The number of aryl methyl sites for hydroxylation is 1. The summed E-state index contributed by atoms with van der Waals surface area (Å²) < 4.78 is 6.91. The molecule has 0 bridgehead atoms.